The average molecular weight is 271 g/mol. The summed E-state index contributed by atoms with van der Waals surface area (Å²) >= 11 is 3.31. The number of hydrogen-bond acceptors (Lipinski definition) is 2. The van der Waals surface area contributed by atoms with Crippen molar-refractivity contribution < 1.29 is 9.84 Å². The molecule has 0 heterocycles. The summed E-state index contributed by atoms with van der Waals surface area (Å²) in [7, 11) is 1.64. The van der Waals surface area contributed by atoms with Crippen molar-refractivity contribution >= 4 is 15.9 Å². The van der Waals surface area contributed by atoms with Crippen molar-refractivity contribution in [1.29, 1.82) is 0 Å². The van der Waals surface area contributed by atoms with Crippen LogP contribution in [0, 0.1) is 0 Å². The number of aliphatic hydroxyl groups is 1. The van der Waals surface area contributed by atoms with Crippen LogP contribution in [0.15, 0.2) is 36.4 Å². The quantitative estimate of drug-likeness (QED) is 0.659. The highest BCUT2D eigenvalue weighted by molar-refractivity contribution is 9.09. The van der Waals surface area contributed by atoms with Gasteiger partial charge in [-0.25, -0.2) is 0 Å². The maximum Gasteiger partial charge on any atom is 0.118 e. The number of benzene rings is 1. The average Bonchev–Trinajstić information content (AvgIpc) is 2.31. The topological polar surface area (TPSA) is 29.5 Å². The second-order valence-corrected chi connectivity index (χ2v) is 3.79. The van der Waals surface area contributed by atoms with Crippen LogP contribution in [0.25, 0.3) is 0 Å². The van der Waals surface area contributed by atoms with Crippen LogP contribution >= 0.6 is 15.9 Å². The Hall–Kier alpha value is -0.800. The molecule has 0 radical (unpaired) electrons. The van der Waals surface area contributed by atoms with E-state index >= 15 is 0 Å². The van der Waals surface area contributed by atoms with Crippen molar-refractivity contribution in [2.75, 3.05) is 19.0 Å². The molecule has 1 aromatic carbocycles. The van der Waals surface area contributed by atoms with Crippen LogP contribution in [-0.2, 0) is 0 Å². The van der Waals surface area contributed by atoms with Crippen LogP contribution in [0.2, 0.25) is 0 Å². The SMILES string of the molecule is COc1ccc([C@H](/C=C\CBr)CO)cc1. The number of halogens is 1. The lowest BCUT2D eigenvalue weighted by Gasteiger charge is -2.10. The summed E-state index contributed by atoms with van der Waals surface area (Å²) in [4.78, 5) is 0. The van der Waals surface area contributed by atoms with Crippen molar-refractivity contribution in [3.8, 4) is 5.75 Å². The van der Waals surface area contributed by atoms with Crippen LogP contribution in [0.1, 0.15) is 11.5 Å². The fourth-order valence-corrected chi connectivity index (χ4v) is 1.56. The fraction of sp³-hybridized carbons (Fsp3) is 0.333. The molecule has 1 N–H and O–H groups in total. The lowest BCUT2D eigenvalue weighted by Crippen LogP contribution is -2.00. The van der Waals surface area contributed by atoms with Crippen LogP contribution in [0.4, 0.5) is 0 Å². The minimum Gasteiger partial charge on any atom is -0.497 e. The first-order valence-corrected chi connectivity index (χ1v) is 5.91. The molecule has 0 aromatic heterocycles. The zero-order chi connectivity index (χ0) is 11.1. The Labute approximate surface area is 98.7 Å². The predicted octanol–water partition coefficient (Wildman–Crippen LogP) is 2.72. The molecule has 0 bridgehead atoms. The van der Waals surface area contributed by atoms with Gasteiger partial charge >= 0.3 is 0 Å². The largest absolute Gasteiger partial charge is 0.497 e. The van der Waals surface area contributed by atoms with Crippen LogP contribution in [-0.4, -0.2) is 24.2 Å². The van der Waals surface area contributed by atoms with Gasteiger partial charge in [0.1, 0.15) is 5.75 Å². The maximum atomic E-state index is 9.23. The first kappa shape index (κ1) is 12.3. The molecule has 2 nitrogen and oxygen atoms in total. The second kappa shape index (κ2) is 6.64. The van der Waals surface area contributed by atoms with Crippen LogP contribution < -0.4 is 4.74 Å². The van der Waals surface area contributed by atoms with E-state index in [0.717, 1.165) is 16.6 Å². The third-order valence-corrected chi connectivity index (χ3v) is 2.57. The Morgan fingerprint density at radius 3 is 2.53 bits per heavy atom. The number of rotatable bonds is 5. The van der Waals surface area contributed by atoms with Gasteiger partial charge in [0.25, 0.3) is 0 Å². The minimum atomic E-state index is 0.0634. The molecular weight excluding hydrogens is 256 g/mol. The Morgan fingerprint density at radius 2 is 2.07 bits per heavy atom. The number of allylic oxidation sites excluding steroid dienone is 1. The van der Waals surface area contributed by atoms with Gasteiger partial charge in [-0.3, -0.25) is 0 Å². The molecule has 1 aromatic rings. The minimum absolute atomic E-state index is 0.0634. The molecule has 3 heteroatoms. The number of hydrogen-bond donors (Lipinski definition) is 1. The van der Waals surface area contributed by atoms with E-state index in [2.05, 4.69) is 15.9 Å². The summed E-state index contributed by atoms with van der Waals surface area (Å²) in [5.74, 6) is 0.897. The van der Waals surface area contributed by atoms with Crippen molar-refractivity contribution in [3.63, 3.8) is 0 Å². The van der Waals surface area contributed by atoms with E-state index in [-0.39, 0.29) is 12.5 Å². The molecule has 0 aliphatic heterocycles. The molecule has 82 valence electrons. The molecule has 0 aliphatic rings. The van der Waals surface area contributed by atoms with E-state index in [9.17, 15) is 5.11 Å². The van der Waals surface area contributed by atoms with Crippen molar-refractivity contribution in [1.82, 2.24) is 0 Å². The summed E-state index contributed by atoms with van der Waals surface area (Å²) < 4.78 is 5.08. The predicted molar refractivity (Wildman–Crippen MR) is 65.8 cm³/mol. The first-order chi connectivity index (χ1) is 7.31. The summed E-state index contributed by atoms with van der Waals surface area (Å²) in [6, 6.07) is 7.75. The molecule has 0 saturated carbocycles. The van der Waals surface area contributed by atoms with E-state index in [0.29, 0.717) is 0 Å². The number of alkyl halides is 1. The highest BCUT2D eigenvalue weighted by atomic mass is 79.9. The van der Waals surface area contributed by atoms with Gasteiger partial charge < -0.3 is 9.84 Å². The smallest absolute Gasteiger partial charge is 0.118 e. The second-order valence-electron chi connectivity index (χ2n) is 3.14. The zero-order valence-corrected chi connectivity index (χ0v) is 10.3. The summed E-state index contributed by atoms with van der Waals surface area (Å²) in [5, 5.41) is 10.0. The van der Waals surface area contributed by atoms with Gasteiger partial charge in [0.15, 0.2) is 0 Å². The van der Waals surface area contributed by atoms with Crippen molar-refractivity contribution in [3.05, 3.63) is 42.0 Å². The van der Waals surface area contributed by atoms with Gasteiger partial charge in [0, 0.05) is 11.2 Å². The van der Waals surface area contributed by atoms with Gasteiger partial charge in [0.05, 0.1) is 13.7 Å². The zero-order valence-electron chi connectivity index (χ0n) is 8.69. The normalized spacial score (nSPS) is 13.0. The van der Waals surface area contributed by atoms with E-state index in [1.54, 1.807) is 7.11 Å². The third kappa shape index (κ3) is 3.68. The number of aliphatic hydroxyl groups excluding tert-OH is 1. The van der Waals surface area contributed by atoms with Gasteiger partial charge in [-0.2, -0.15) is 0 Å². The summed E-state index contributed by atoms with van der Waals surface area (Å²) in [5.41, 5.74) is 1.09. The van der Waals surface area contributed by atoms with Gasteiger partial charge in [-0.1, -0.05) is 40.2 Å². The summed E-state index contributed by atoms with van der Waals surface area (Å²) in [6.45, 7) is 0.121. The lowest BCUT2D eigenvalue weighted by molar-refractivity contribution is 0.283. The van der Waals surface area contributed by atoms with E-state index < -0.39 is 0 Å². The molecular formula is C12H15BrO2. The molecule has 0 fully saturated rings. The molecule has 1 atom stereocenters. The highest BCUT2D eigenvalue weighted by Gasteiger charge is 2.05. The Balaban J connectivity index is 2.78. The fourth-order valence-electron chi connectivity index (χ4n) is 1.34. The van der Waals surface area contributed by atoms with Crippen LogP contribution in [0.5, 0.6) is 5.75 Å². The van der Waals surface area contributed by atoms with Gasteiger partial charge in [-0.05, 0) is 17.7 Å². The van der Waals surface area contributed by atoms with Crippen molar-refractivity contribution in [2.24, 2.45) is 0 Å². The van der Waals surface area contributed by atoms with Gasteiger partial charge in [0.2, 0.25) is 0 Å². The standard InChI is InChI=1S/C12H15BrO2/c1-15-12-6-4-10(5-7-12)11(9-14)3-2-8-13/h2-7,11,14H,8-9H2,1H3/b3-2-/t11-/m1/s1. The molecule has 0 amide bonds. The molecule has 0 unspecified atom stereocenters. The Morgan fingerprint density at radius 1 is 1.40 bits per heavy atom. The third-order valence-electron chi connectivity index (χ3n) is 2.20. The molecule has 0 saturated heterocycles. The summed E-state index contributed by atoms with van der Waals surface area (Å²) in [6.07, 6.45) is 3.99. The van der Waals surface area contributed by atoms with E-state index in [1.807, 2.05) is 36.4 Å². The van der Waals surface area contributed by atoms with E-state index in [4.69, 9.17) is 4.74 Å². The molecule has 1 rings (SSSR count). The molecule has 0 spiro atoms. The Kier molecular flexibility index (Phi) is 5.43. The Bertz CT molecular complexity index is 306. The molecule has 15 heavy (non-hydrogen) atoms. The monoisotopic (exact) mass is 270 g/mol. The maximum absolute atomic E-state index is 9.23. The van der Waals surface area contributed by atoms with Gasteiger partial charge in [-0.15, -0.1) is 0 Å². The first-order valence-electron chi connectivity index (χ1n) is 4.79. The highest BCUT2D eigenvalue weighted by Crippen LogP contribution is 2.20. The van der Waals surface area contributed by atoms with Crippen LogP contribution in [0.3, 0.4) is 0 Å². The lowest BCUT2D eigenvalue weighted by atomic mass is 9.99. The number of ether oxygens (including phenoxy) is 1. The van der Waals surface area contributed by atoms with E-state index in [1.165, 1.54) is 0 Å². The molecule has 0 aliphatic carbocycles. The number of methoxy groups -OCH3 is 1. The van der Waals surface area contributed by atoms with Crippen molar-refractivity contribution in [2.45, 2.75) is 5.92 Å².